The van der Waals surface area contributed by atoms with Gasteiger partial charge < -0.3 is 10.2 Å². The van der Waals surface area contributed by atoms with Gasteiger partial charge in [-0.1, -0.05) is 79.2 Å². The van der Waals surface area contributed by atoms with Crippen LogP contribution in [0.1, 0.15) is 49.8 Å². The minimum Gasteiger partial charge on any atom is -0.352 e. The summed E-state index contributed by atoms with van der Waals surface area (Å²) >= 11 is 6.49. The Morgan fingerprint density at radius 3 is 2.29 bits per heavy atom. The summed E-state index contributed by atoms with van der Waals surface area (Å²) in [5.74, 6) is -0.482. The highest BCUT2D eigenvalue weighted by Gasteiger charge is 2.31. The van der Waals surface area contributed by atoms with Crippen molar-refractivity contribution in [3.63, 3.8) is 0 Å². The van der Waals surface area contributed by atoms with Crippen LogP contribution < -0.4 is 9.62 Å². The molecule has 3 rings (SSSR count). The molecule has 0 saturated carbocycles. The second-order valence-electron chi connectivity index (χ2n) is 10.4. The van der Waals surface area contributed by atoms with E-state index in [0.717, 1.165) is 29.4 Å². The van der Waals surface area contributed by atoms with E-state index < -0.39 is 16.1 Å². The maximum absolute atomic E-state index is 13.9. The van der Waals surface area contributed by atoms with Crippen molar-refractivity contribution in [1.29, 1.82) is 0 Å². The summed E-state index contributed by atoms with van der Waals surface area (Å²) in [7, 11) is -3.57. The van der Waals surface area contributed by atoms with Crippen LogP contribution in [0.3, 0.4) is 0 Å². The first-order valence-corrected chi connectivity index (χ1v) is 16.1. The molecule has 1 N–H and O–H groups in total. The first kappa shape index (κ1) is 32.2. The van der Waals surface area contributed by atoms with Gasteiger partial charge in [0.1, 0.15) is 6.04 Å². The summed E-state index contributed by atoms with van der Waals surface area (Å²) in [6, 6.07) is 23.3. The summed E-state index contributed by atoms with van der Waals surface area (Å²) in [6.07, 6.45) is 2.59. The molecule has 0 aliphatic heterocycles. The van der Waals surface area contributed by atoms with Crippen LogP contribution in [0.2, 0.25) is 5.02 Å². The highest BCUT2D eigenvalue weighted by atomic mass is 35.5. The lowest BCUT2D eigenvalue weighted by molar-refractivity contribution is -0.141. The molecule has 0 unspecified atom stereocenters. The molecular formula is C32H40ClN3O4S. The molecule has 7 nitrogen and oxygen atoms in total. The number of halogens is 1. The second kappa shape index (κ2) is 15.0. The number of aryl methyl sites for hydroxylation is 1. The van der Waals surface area contributed by atoms with Crippen molar-refractivity contribution in [2.75, 3.05) is 17.1 Å². The van der Waals surface area contributed by atoms with Crippen LogP contribution in [0.15, 0.2) is 78.9 Å². The topological polar surface area (TPSA) is 86.8 Å². The van der Waals surface area contributed by atoms with E-state index in [4.69, 9.17) is 11.6 Å². The van der Waals surface area contributed by atoms with E-state index in [9.17, 15) is 18.0 Å². The number of carbonyl (C=O) groups excluding carboxylic acids is 2. The molecule has 0 aliphatic carbocycles. The van der Waals surface area contributed by atoms with Gasteiger partial charge in [0.05, 0.1) is 11.9 Å². The van der Waals surface area contributed by atoms with Gasteiger partial charge in [0.2, 0.25) is 21.8 Å². The molecule has 2 atom stereocenters. The first-order valence-electron chi connectivity index (χ1n) is 13.9. The Morgan fingerprint density at radius 2 is 1.66 bits per heavy atom. The van der Waals surface area contributed by atoms with Crippen LogP contribution in [-0.4, -0.2) is 50.0 Å². The van der Waals surface area contributed by atoms with Crippen molar-refractivity contribution in [2.24, 2.45) is 0 Å². The highest BCUT2D eigenvalue weighted by Crippen LogP contribution is 2.23. The molecule has 0 fully saturated rings. The molecule has 0 spiro atoms. The Bertz CT molecular complexity index is 1420. The average Bonchev–Trinajstić information content (AvgIpc) is 2.93. The van der Waals surface area contributed by atoms with Crippen LogP contribution in [0, 0.1) is 6.92 Å². The van der Waals surface area contributed by atoms with E-state index in [-0.39, 0.29) is 43.8 Å². The van der Waals surface area contributed by atoms with Crippen LogP contribution in [0.4, 0.5) is 5.69 Å². The van der Waals surface area contributed by atoms with Crippen LogP contribution in [0.5, 0.6) is 0 Å². The van der Waals surface area contributed by atoms with E-state index >= 15 is 0 Å². The Hall–Kier alpha value is -3.36. The highest BCUT2D eigenvalue weighted by molar-refractivity contribution is 7.92. The molecule has 41 heavy (non-hydrogen) atoms. The molecular weight excluding hydrogens is 558 g/mol. The molecule has 0 bridgehead atoms. The smallest absolute Gasteiger partial charge is 0.243 e. The van der Waals surface area contributed by atoms with Gasteiger partial charge in [-0.25, -0.2) is 8.42 Å². The summed E-state index contributed by atoms with van der Waals surface area (Å²) in [5.41, 5.74) is 3.16. The third-order valence-corrected chi connectivity index (χ3v) is 8.58. The Balaban J connectivity index is 1.90. The largest absolute Gasteiger partial charge is 0.352 e. The Kier molecular flexibility index (Phi) is 11.8. The van der Waals surface area contributed by atoms with Gasteiger partial charge in [-0.05, 0) is 61.6 Å². The van der Waals surface area contributed by atoms with Gasteiger partial charge in [-0.15, -0.1) is 0 Å². The number of rotatable bonds is 14. The Labute approximate surface area is 249 Å². The van der Waals surface area contributed by atoms with E-state index in [1.807, 2.05) is 87.5 Å². The van der Waals surface area contributed by atoms with E-state index in [0.29, 0.717) is 17.1 Å². The number of sulfonamides is 1. The summed E-state index contributed by atoms with van der Waals surface area (Å²) in [5, 5.41) is 3.56. The number of anilines is 1. The molecule has 2 amide bonds. The van der Waals surface area contributed by atoms with Gasteiger partial charge in [-0.3, -0.25) is 13.9 Å². The number of hydrogen-bond acceptors (Lipinski definition) is 4. The molecule has 0 aromatic heterocycles. The van der Waals surface area contributed by atoms with Crippen molar-refractivity contribution >= 4 is 39.1 Å². The zero-order valence-corrected chi connectivity index (χ0v) is 25.8. The molecule has 0 saturated heterocycles. The maximum Gasteiger partial charge on any atom is 0.243 e. The quantitative estimate of drug-likeness (QED) is 0.256. The van der Waals surface area contributed by atoms with Gasteiger partial charge >= 0.3 is 0 Å². The molecule has 0 heterocycles. The minimum absolute atomic E-state index is 0.0595. The fourth-order valence-corrected chi connectivity index (χ4v) is 5.74. The predicted octanol–water partition coefficient (Wildman–Crippen LogP) is 5.75. The Morgan fingerprint density at radius 1 is 0.976 bits per heavy atom. The number of nitrogens with zero attached hydrogens (tertiary/aromatic N) is 2. The summed E-state index contributed by atoms with van der Waals surface area (Å²) in [4.78, 5) is 29.1. The second-order valence-corrected chi connectivity index (χ2v) is 12.7. The molecule has 3 aromatic carbocycles. The minimum atomic E-state index is -3.57. The molecule has 3 aromatic rings. The molecule has 0 radical (unpaired) electrons. The molecule has 220 valence electrons. The van der Waals surface area contributed by atoms with E-state index in [2.05, 4.69) is 5.32 Å². The van der Waals surface area contributed by atoms with Crippen LogP contribution in [0.25, 0.3) is 0 Å². The monoisotopic (exact) mass is 597 g/mol. The number of amides is 2. The summed E-state index contributed by atoms with van der Waals surface area (Å²) < 4.78 is 26.6. The van der Waals surface area contributed by atoms with Crippen LogP contribution in [-0.2, 0) is 32.6 Å². The van der Waals surface area contributed by atoms with Gasteiger partial charge in [-0.2, -0.15) is 0 Å². The summed E-state index contributed by atoms with van der Waals surface area (Å²) in [6.45, 7) is 6.11. The van der Waals surface area contributed by atoms with Crippen molar-refractivity contribution in [2.45, 2.75) is 65.1 Å². The van der Waals surface area contributed by atoms with E-state index in [1.54, 1.807) is 17.0 Å². The van der Waals surface area contributed by atoms with Crippen molar-refractivity contribution in [3.05, 3.63) is 101 Å². The standard InChI is InChI=1S/C32H40ClN3O4S/c1-5-25(3)34-32(38)30(22-26-14-7-6-8-15-26)35(23-27-16-9-10-18-29(27)33)31(37)19-12-20-36(41(4,39)40)28-17-11-13-24(2)21-28/h6-11,13-18,21,25,30H,5,12,19-20,22-23H2,1-4H3,(H,34,38)/t25-,30+/m1/s1. The lowest BCUT2D eigenvalue weighted by Gasteiger charge is -2.33. The zero-order valence-electron chi connectivity index (χ0n) is 24.2. The third kappa shape index (κ3) is 9.61. The lowest BCUT2D eigenvalue weighted by Crippen LogP contribution is -2.52. The normalized spacial score (nSPS) is 12.8. The third-order valence-electron chi connectivity index (χ3n) is 7.01. The van der Waals surface area contributed by atoms with Crippen molar-refractivity contribution < 1.29 is 18.0 Å². The number of nitrogens with one attached hydrogen (secondary N) is 1. The molecule has 0 aliphatic rings. The number of carbonyl (C=O) groups is 2. The molecule has 9 heteroatoms. The SMILES string of the molecule is CC[C@@H](C)NC(=O)[C@H](Cc1ccccc1)N(Cc1ccccc1Cl)C(=O)CCCN(c1cccc(C)c1)S(C)(=O)=O. The van der Waals surface area contributed by atoms with Gasteiger partial charge in [0.25, 0.3) is 0 Å². The van der Waals surface area contributed by atoms with Crippen molar-refractivity contribution in [3.8, 4) is 0 Å². The fraction of sp³-hybridized carbons (Fsp3) is 0.375. The van der Waals surface area contributed by atoms with E-state index in [1.165, 1.54) is 4.31 Å². The lowest BCUT2D eigenvalue weighted by atomic mass is 10.0. The van der Waals surface area contributed by atoms with Crippen LogP contribution >= 0.6 is 11.6 Å². The van der Waals surface area contributed by atoms with Gasteiger partial charge in [0, 0.05) is 37.0 Å². The van der Waals surface area contributed by atoms with Gasteiger partial charge in [0.15, 0.2) is 0 Å². The average molecular weight is 598 g/mol. The number of hydrogen-bond donors (Lipinski definition) is 1. The first-order chi connectivity index (χ1) is 19.5. The predicted molar refractivity (Wildman–Crippen MR) is 166 cm³/mol. The fourth-order valence-electron chi connectivity index (χ4n) is 4.59. The zero-order chi connectivity index (χ0) is 30.0. The number of benzene rings is 3. The van der Waals surface area contributed by atoms with Crippen molar-refractivity contribution in [1.82, 2.24) is 10.2 Å². The maximum atomic E-state index is 13.9.